The van der Waals surface area contributed by atoms with Crippen LogP contribution in [-0.4, -0.2) is 5.91 Å². The summed E-state index contributed by atoms with van der Waals surface area (Å²) in [6.45, 7) is 0.275. The second-order valence-corrected chi connectivity index (χ2v) is 8.81. The fourth-order valence-corrected chi connectivity index (χ4v) is 4.48. The van der Waals surface area contributed by atoms with Crippen LogP contribution in [0.25, 0.3) is 6.08 Å². The smallest absolute Gasteiger partial charge is 0.266 e. The highest BCUT2D eigenvalue weighted by Crippen LogP contribution is 2.33. The van der Waals surface area contributed by atoms with Gasteiger partial charge in [-0.1, -0.05) is 23.7 Å². The third-order valence-electron chi connectivity index (χ3n) is 4.10. The number of hydrogen-bond donors (Lipinski definition) is 1. The molecule has 0 unspecified atom stereocenters. The van der Waals surface area contributed by atoms with Crippen molar-refractivity contribution in [2.75, 3.05) is 5.32 Å². The van der Waals surface area contributed by atoms with E-state index in [1.165, 1.54) is 18.2 Å². The molecule has 3 aromatic carbocycles. The highest BCUT2D eigenvalue weighted by Gasteiger charge is 2.13. The number of nitriles is 1. The van der Waals surface area contributed by atoms with E-state index >= 15 is 0 Å². The van der Waals surface area contributed by atoms with Crippen LogP contribution in [0.2, 0.25) is 5.02 Å². The van der Waals surface area contributed by atoms with Crippen molar-refractivity contribution < 1.29 is 13.9 Å². The Labute approximate surface area is 205 Å². The number of halogens is 4. The predicted molar refractivity (Wildman–Crippen MR) is 131 cm³/mol. The van der Waals surface area contributed by atoms with Gasteiger partial charge in [0, 0.05) is 10.7 Å². The quantitative estimate of drug-likeness (QED) is 0.186. The Morgan fingerprint density at radius 2 is 1.87 bits per heavy atom. The first-order valence-electron chi connectivity index (χ1n) is 8.90. The lowest BCUT2D eigenvalue weighted by Crippen LogP contribution is -2.13. The fourth-order valence-electron chi connectivity index (χ4n) is 2.58. The molecule has 0 aliphatic rings. The molecule has 4 nitrogen and oxygen atoms in total. The van der Waals surface area contributed by atoms with Crippen molar-refractivity contribution in [3.05, 3.63) is 96.2 Å². The first-order chi connectivity index (χ1) is 14.9. The fraction of sp³-hybridized carbons (Fsp3) is 0.0435. The number of amides is 1. The van der Waals surface area contributed by atoms with Crippen molar-refractivity contribution >= 4 is 67.8 Å². The zero-order valence-corrected chi connectivity index (χ0v) is 20.3. The van der Waals surface area contributed by atoms with E-state index in [0.29, 0.717) is 26.5 Å². The molecule has 0 aliphatic carbocycles. The van der Waals surface area contributed by atoms with Gasteiger partial charge >= 0.3 is 0 Å². The molecule has 3 rings (SSSR count). The lowest BCUT2D eigenvalue weighted by atomic mass is 10.1. The Morgan fingerprint density at radius 3 is 2.48 bits per heavy atom. The second kappa shape index (κ2) is 10.8. The van der Waals surface area contributed by atoms with Gasteiger partial charge in [0.25, 0.3) is 5.91 Å². The number of benzene rings is 3. The minimum absolute atomic E-state index is 0.0439. The van der Waals surface area contributed by atoms with Gasteiger partial charge in [-0.25, -0.2) is 4.39 Å². The topological polar surface area (TPSA) is 62.1 Å². The van der Waals surface area contributed by atoms with Gasteiger partial charge in [0.05, 0.1) is 8.04 Å². The molecule has 0 aromatic heterocycles. The summed E-state index contributed by atoms with van der Waals surface area (Å²) >= 11 is 11.4. The maximum Gasteiger partial charge on any atom is 0.266 e. The minimum Gasteiger partial charge on any atom is -0.487 e. The third kappa shape index (κ3) is 6.53. The molecule has 156 valence electrons. The molecule has 0 radical (unpaired) electrons. The summed E-state index contributed by atoms with van der Waals surface area (Å²) in [6.07, 6.45) is 1.50. The van der Waals surface area contributed by atoms with Crippen molar-refractivity contribution in [3.63, 3.8) is 0 Å². The van der Waals surface area contributed by atoms with Crippen LogP contribution in [0.4, 0.5) is 10.1 Å². The minimum atomic E-state index is -0.521. The molecule has 0 heterocycles. The van der Waals surface area contributed by atoms with Crippen molar-refractivity contribution in [3.8, 4) is 11.8 Å². The Morgan fingerprint density at radius 1 is 1.19 bits per heavy atom. The van der Waals surface area contributed by atoms with Crippen LogP contribution in [-0.2, 0) is 11.4 Å². The Balaban J connectivity index is 1.76. The summed E-state index contributed by atoms with van der Waals surface area (Å²) in [5, 5.41) is 12.7. The first kappa shape index (κ1) is 23.3. The van der Waals surface area contributed by atoms with Crippen LogP contribution in [0.15, 0.2) is 70.7 Å². The standard InChI is InChI=1S/C23H14BrClFIN2O2/c24-20-10-15(9-16(12-28)23(30)29-19-7-3-17(25)4-8-19)11-21(27)22(20)31-13-14-1-5-18(26)6-2-14/h1-11H,13H2,(H,29,30)/b16-9-. The van der Waals surface area contributed by atoms with E-state index < -0.39 is 5.91 Å². The number of nitrogens with zero attached hydrogens (tertiary/aromatic N) is 1. The molecule has 8 heteroatoms. The highest BCUT2D eigenvalue weighted by molar-refractivity contribution is 14.1. The van der Waals surface area contributed by atoms with E-state index in [0.717, 1.165) is 9.13 Å². The average Bonchev–Trinajstić information content (AvgIpc) is 2.74. The Bertz CT molecular complexity index is 1150. The molecule has 1 amide bonds. The van der Waals surface area contributed by atoms with Gasteiger partial charge in [0.2, 0.25) is 0 Å². The van der Waals surface area contributed by atoms with Gasteiger partial charge in [0.1, 0.15) is 29.8 Å². The normalized spacial score (nSPS) is 11.0. The molecule has 0 aliphatic heterocycles. The van der Waals surface area contributed by atoms with Gasteiger partial charge in [-0.2, -0.15) is 5.26 Å². The number of nitrogens with one attached hydrogen (secondary N) is 1. The summed E-state index contributed by atoms with van der Waals surface area (Å²) in [5.41, 5.74) is 1.99. The zero-order chi connectivity index (χ0) is 22.4. The summed E-state index contributed by atoms with van der Waals surface area (Å²) in [6, 6.07) is 18.2. The van der Waals surface area contributed by atoms with Crippen LogP contribution in [0.3, 0.4) is 0 Å². The summed E-state index contributed by atoms with van der Waals surface area (Å²) < 4.78 is 20.4. The largest absolute Gasteiger partial charge is 0.487 e. The molecule has 0 saturated carbocycles. The number of carbonyl (C=O) groups excluding carboxylic acids is 1. The Kier molecular flexibility index (Phi) is 8.07. The maximum absolute atomic E-state index is 13.0. The van der Waals surface area contributed by atoms with Crippen LogP contribution in [0, 0.1) is 20.7 Å². The van der Waals surface area contributed by atoms with Crippen molar-refractivity contribution in [1.82, 2.24) is 0 Å². The average molecular weight is 612 g/mol. The number of carbonyl (C=O) groups is 1. The second-order valence-electron chi connectivity index (χ2n) is 6.36. The number of hydrogen-bond acceptors (Lipinski definition) is 3. The van der Waals surface area contributed by atoms with Gasteiger partial charge in [-0.3, -0.25) is 4.79 Å². The van der Waals surface area contributed by atoms with Crippen LogP contribution >= 0.6 is 50.1 Å². The van der Waals surface area contributed by atoms with Gasteiger partial charge in [0.15, 0.2) is 0 Å². The molecule has 0 fully saturated rings. The highest BCUT2D eigenvalue weighted by atomic mass is 127. The van der Waals surface area contributed by atoms with Gasteiger partial charge in [-0.05, 0) is 104 Å². The van der Waals surface area contributed by atoms with E-state index in [1.54, 1.807) is 48.5 Å². The number of anilines is 1. The first-order valence-corrected chi connectivity index (χ1v) is 11.2. The van der Waals surface area contributed by atoms with Crippen LogP contribution in [0.5, 0.6) is 5.75 Å². The molecular formula is C23H14BrClFIN2O2. The molecule has 0 atom stereocenters. The molecule has 3 aromatic rings. The molecule has 0 spiro atoms. The monoisotopic (exact) mass is 610 g/mol. The maximum atomic E-state index is 13.0. The molecule has 31 heavy (non-hydrogen) atoms. The molecular weight excluding hydrogens is 598 g/mol. The SMILES string of the molecule is N#C/C(=C/c1cc(Br)c(OCc2ccc(F)cc2)c(I)c1)C(=O)Nc1ccc(Cl)cc1. The summed E-state index contributed by atoms with van der Waals surface area (Å²) in [5.74, 6) is -0.206. The van der Waals surface area contributed by atoms with E-state index in [1.807, 2.05) is 6.07 Å². The van der Waals surface area contributed by atoms with Crippen molar-refractivity contribution in [2.24, 2.45) is 0 Å². The third-order valence-corrected chi connectivity index (χ3v) is 5.74. The molecule has 0 saturated heterocycles. The Hall–Kier alpha value is -2.41. The van der Waals surface area contributed by atoms with E-state index in [9.17, 15) is 14.4 Å². The van der Waals surface area contributed by atoms with Crippen molar-refractivity contribution in [2.45, 2.75) is 6.61 Å². The predicted octanol–water partition coefficient (Wildman–Crippen LogP) is 6.97. The zero-order valence-electron chi connectivity index (χ0n) is 15.8. The van der Waals surface area contributed by atoms with Crippen LogP contribution in [0.1, 0.15) is 11.1 Å². The van der Waals surface area contributed by atoms with Gasteiger partial charge < -0.3 is 10.1 Å². The van der Waals surface area contributed by atoms with E-state index in [4.69, 9.17) is 16.3 Å². The van der Waals surface area contributed by atoms with E-state index in [2.05, 4.69) is 43.8 Å². The lowest BCUT2D eigenvalue weighted by Gasteiger charge is -2.12. The molecule has 0 bridgehead atoms. The lowest BCUT2D eigenvalue weighted by molar-refractivity contribution is -0.112. The van der Waals surface area contributed by atoms with Crippen molar-refractivity contribution in [1.29, 1.82) is 5.26 Å². The summed E-state index contributed by atoms with van der Waals surface area (Å²) in [7, 11) is 0. The molecule has 1 N–H and O–H groups in total. The number of rotatable bonds is 6. The van der Waals surface area contributed by atoms with Crippen LogP contribution < -0.4 is 10.1 Å². The number of ether oxygens (including phenoxy) is 1. The van der Waals surface area contributed by atoms with Gasteiger partial charge in [-0.15, -0.1) is 0 Å². The van der Waals surface area contributed by atoms with E-state index in [-0.39, 0.29) is 18.0 Å². The summed E-state index contributed by atoms with van der Waals surface area (Å²) in [4.78, 5) is 12.5.